The summed E-state index contributed by atoms with van der Waals surface area (Å²) in [5, 5.41) is 12.0. The third kappa shape index (κ3) is 4.76. The van der Waals surface area contributed by atoms with Crippen LogP contribution in [-0.4, -0.2) is 23.7 Å². The van der Waals surface area contributed by atoms with E-state index in [9.17, 15) is 18.7 Å². The van der Waals surface area contributed by atoms with Gasteiger partial charge in [-0.3, -0.25) is 4.79 Å². The number of nitrogens with one attached hydrogen (secondary N) is 1. The Balaban J connectivity index is 2.02. The Kier molecular flexibility index (Phi) is 6.26. The molecule has 0 aromatic heterocycles. The molecule has 2 unspecified atom stereocenters. The molecule has 0 aliphatic heterocycles. The van der Waals surface area contributed by atoms with Crippen LogP contribution in [0.3, 0.4) is 0 Å². The van der Waals surface area contributed by atoms with Crippen LogP contribution in [-0.2, 0) is 4.79 Å². The SMILES string of the molecule is CC(Oc1ccc(F)c(F)c1)C(=O)NC(CCO)c1ccccc1. The van der Waals surface area contributed by atoms with E-state index in [4.69, 9.17) is 4.74 Å². The minimum absolute atomic E-state index is 0.0648. The monoisotopic (exact) mass is 335 g/mol. The maximum atomic E-state index is 13.2. The van der Waals surface area contributed by atoms with Crippen molar-refractivity contribution in [3.63, 3.8) is 0 Å². The van der Waals surface area contributed by atoms with E-state index in [-0.39, 0.29) is 18.4 Å². The van der Waals surface area contributed by atoms with Crippen molar-refractivity contribution < 1.29 is 23.4 Å². The molecule has 0 aliphatic carbocycles. The zero-order chi connectivity index (χ0) is 17.5. The fourth-order valence-electron chi connectivity index (χ4n) is 2.23. The van der Waals surface area contributed by atoms with Gasteiger partial charge in [0.05, 0.1) is 6.04 Å². The molecule has 24 heavy (non-hydrogen) atoms. The third-order valence-electron chi connectivity index (χ3n) is 3.51. The molecule has 128 valence electrons. The molecule has 0 saturated heterocycles. The van der Waals surface area contributed by atoms with Crippen LogP contribution in [0.2, 0.25) is 0 Å². The summed E-state index contributed by atoms with van der Waals surface area (Å²) in [6.45, 7) is 1.43. The van der Waals surface area contributed by atoms with Crippen LogP contribution in [0.15, 0.2) is 48.5 Å². The molecule has 2 aromatic rings. The van der Waals surface area contributed by atoms with Gasteiger partial charge in [0.25, 0.3) is 5.91 Å². The van der Waals surface area contributed by atoms with Gasteiger partial charge < -0.3 is 15.2 Å². The average molecular weight is 335 g/mol. The van der Waals surface area contributed by atoms with Crippen LogP contribution in [0.5, 0.6) is 5.75 Å². The Labute approximate surface area is 139 Å². The molecule has 0 fully saturated rings. The van der Waals surface area contributed by atoms with Gasteiger partial charge in [-0.25, -0.2) is 8.78 Å². The lowest BCUT2D eigenvalue weighted by molar-refractivity contribution is -0.128. The number of hydrogen-bond acceptors (Lipinski definition) is 3. The molecule has 0 spiro atoms. The highest BCUT2D eigenvalue weighted by Crippen LogP contribution is 2.19. The quantitative estimate of drug-likeness (QED) is 0.818. The van der Waals surface area contributed by atoms with Crippen LogP contribution >= 0.6 is 0 Å². The minimum atomic E-state index is -1.04. The predicted octanol–water partition coefficient (Wildman–Crippen LogP) is 2.97. The number of benzene rings is 2. The number of rotatable bonds is 7. The first-order valence-corrected chi connectivity index (χ1v) is 7.59. The second kappa shape index (κ2) is 8.40. The van der Waals surface area contributed by atoms with Gasteiger partial charge in [0.2, 0.25) is 0 Å². The van der Waals surface area contributed by atoms with Crippen LogP contribution in [0.4, 0.5) is 8.78 Å². The van der Waals surface area contributed by atoms with E-state index in [1.807, 2.05) is 30.3 Å². The molecule has 6 heteroatoms. The minimum Gasteiger partial charge on any atom is -0.481 e. The first-order valence-electron chi connectivity index (χ1n) is 7.59. The molecule has 0 bridgehead atoms. The Morgan fingerprint density at radius 1 is 1.17 bits per heavy atom. The predicted molar refractivity (Wildman–Crippen MR) is 85.5 cm³/mol. The van der Waals surface area contributed by atoms with Gasteiger partial charge in [0.15, 0.2) is 17.7 Å². The average Bonchev–Trinajstić information content (AvgIpc) is 2.58. The first kappa shape index (κ1) is 17.9. The zero-order valence-corrected chi connectivity index (χ0v) is 13.2. The Hall–Kier alpha value is -2.47. The first-order chi connectivity index (χ1) is 11.5. The molecule has 0 saturated carbocycles. The number of carbonyl (C=O) groups is 1. The van der Waals surface area contributed by atoms with Crippen molar-refractivity contribution in [3.8, 4) is 5.75 Å². The van der Waals surface area contributed by atoms with E-state index in [1.54, 1.807) is 0 Å². The van der Waals surface area contributed by atoms with E-state index in [1.165, 1.54) is 13.0 Å². The van der Waals surface area contributed by atoms with Crippen molar-refractivity contribution in [2.24, 2.45) is 0 Å². The van der Waals surface area contributed by atoms with Gasteiger partial charge in [-0.15, -0.1) is 0 Å². The normalized spacial score (nSPS) is 13.2. The Bertz CT molecular complexity index is 679. The second-order valence-corrected chi connectivity index (χ2v) is 5.32. The maximum absolute atomic E-state index is 13.2. The van der Waals surface area contributed by atoms with Crippen LogP contribution in [0, 0.1) is 11.6 Å². The van der Waals surface area contributed by atoms with Gasteiger partial charge in [-0.05, 0) is 31.0 Å². The van der Waals surface area contributed by atoms with Crippen molar-refractivity contribution >= 4 is 5.91 Å². The fraction of sp³-hybridized carbons (Fsp3) is 0.278. The van der Waals surface area contributed by atoms with E-state index in [2.05, 4.69) is 5.32 Å². The largest absolute Gasteiger partial charge is 0.481 e. The molecule has 2 N–H and O–H groups in total. The van der Waals surface area contributed by atoms with Gasteiger partial charge in [-0.2, -0.15) is 0 Å². The van der Waals surface area contributed by atoms with Gasteiger partial charge >= 0.3 is 0 Å². The lowest BCUT2D eigenvalue weighted by Crippen LogP contribution is -2.39. The molecule has 2 aromatic carbocycles. The van der Waals surface area contributed by atoms with Crippen molar-refractivity contribution in [1.29, 1.82) is 0 Å². The van der Waals surface area contributed by atoms with E-state index in [0.717, 1.165) is 17.7 Å². The van der Waals surface area contributed by atoms with Gasteiger partial charge in [0.1, 0.15) is 5.75 Å². The Morgan fingerprint density at radius 3 is 2.50 bits per heavy atom. The Morgan fingerprint density at radius 2 is 1.88 bits per heavy atom. The summed E-state index contributed by atoms with van der Waals surface area (Å²) >= 11 is 0. The summed E-state index contributed by atoms with van der Waals surface area (Å²) < 4.78 is 31.4. The summed E-state index contributed by atoms with van der Waals surface area (Å²) in [5.74, 6) is -2.37. The van der Waals surface area contributed by atoms with E-state index in [0.29, 0.717) is 6.42 Å². The van der Waals surface area contributed by atoms with Crippen molar-refractivity contribution in [2.45, 2.75) is 25.5 Å². The summed E-state index contributed by atoms with van der Waals surface area (Å²) in [4.78, 5) is 12.3. The molecular weight excluding hydrogens is 316 g/mol. The second-order valence-electron chi connectivity index (χ2n) is 5.32. The number of aliphatic hydroxyl groups excluding tert-OH is 1. The van der Waals surface area contributed by atoms with Crippen LogP contribution < -0.4 is 10.1 Å². The number of ether oxygens (including phenoxy) is 1. The third-order valence-corrected chi connectivity index (χ3v) is 3.51. The molecule has 0 radical (unpaired) electrons. The number of amides is 1. The van der Waals surface area contributed by atoms with Gasteiger partial charge in [0, 0.05) is 12.7 Å². The molecule has 1 amide bonds. The lowest BCUT2D eigenvalue weighted by atomic mass is 10.0. The zero-order valence-electron chi connectivity index (χ0n) is 13.2. The summed E-state index contributed by atoms with van der Waals surface area (Å²) in [6.07, 6.45) is -0.548. The molecule has 0 aliphatic rings. The fourth-order valence-corrected chi connectivity index (χ4v) is 2.23. The molecular formula is C18H19F2NO3. The van der Waals surface area contributed by atoms with Crippen molar-refractivity contribution in [2.75, 3.05) is 6.61 Å². The van der Waals surface area contributed by atoms with Crippen molar-refractivity contribution in [1.82, 2.24) is 5.32 Å². The topological polar surface area (TPSA) is 58.6 Å². The molecule has 0 heterocycles. The molecule has 2 rings (SSSR count). The maximum Gasteiger partial charge on any atom is 0.261 e. The number of carbonyl (C=O) groups excluding carboxylic acids is 1. The van der Waals surface area contributed by atoms with E-state index >= 15 is 0 Å². The summed E-state index contributed by atoms with van der Waals surface area (Å²) in [6, 6.07) is 12.0. The smallest absolute Gasteiger partial charge is 0.261 e. The van der Waals surface area contributed by atoms with Crippen LogP contribution in [0.1, 0.15) is 24.9 Å². The summed E-state index contributed by atoms with van der Waals surface area (Å²) in [7, 11) is 0. The molecule has 2 atom stereocenters. The highest BCUT2D eigenvalue weighted by atomic mass is 19.2. The summed E-state index contributed by atoms with van der Waals surface area (Å²) in [5.41, 5.74) is 0.861. The standard InChI is InChI=1S/C18H19F2NO3/c1-12(24-14-7-8-15(19)16(20)11-14)18(23)21-17(9-10-22)13-5-3-2-4-6-13/h2-8,11-12,17,22H,9-10H2,1H3,(H,21,23). The van der Waals surface area contributed by atoms with E-state index < -0.39 is 23.6 Å². The number of hydrogen-bond donors (Lipinski definition) is 2. The molecule has 4 nitrogen and oxygen atoms in total. The van der Waals surface area contributed by atoms with Gasteiger partial charge in [-0.1, -0.05) is 30.3 Å². The lowest BCUT2D eigenvalue weighted by Gasteiger charge is -2.21. The number of halogens is 2. The highest BCUT2D eigenvalue weighted by molar-refractivity contribution is 5.81. The van der Waals surface area contributed by atoms with Crippen LogP contribution in [0.25, 0.3) is 0 Å². The van der Waals surface area contributed by atoms with Crippen molar-refractivity contribution in [3.05, 3.63) is 65.7 Å². The highest BCUT2D eigenvalue weighted by Gasteiger charge is 2.20. The number of aliphatic hydroxyl groups is 1.